The minimum Gasteiger partial charge on any atom is -0.476 e. The van der Waals surface area contributed by atoms with Gasteiger partial charge in [-0.2, -0.15) is 13.2 Å². The second-order valence-electron chi connectivity index (χ2n) is 9.74. The Morgan fingerprint density at radius 3 is 2.44 bits per heavy atom. The van der Waals surface area contributed by atoms with Gasteiger partial charge in [0.05, 0.1) is 5.41 Å². The fourth-order valence-corrected chi connectivity index (χ4v) is 3.31. The standard InChI is InChI=1S/C22H32F3N3O4/c1-14-12-15(9-11-28(14)19(30)32-20(2,3)4)27-18(29)21(5,6)13-31-17-16(22(23,24)25)8-7-10-26-17/h7-8,10,14-15H,9,11-13H2,1-6H3,(H,27,29)/t14-,15-/m1/s1. The van der Waals surface area contributed by atoms with E-state index in [1.165, 1.54) is 12.3 Å². The smallest absolute Gasteiger partial charge is 0.421 e. The van der Waals surface area contributed by atoms with Crippen molar-refractivity contribution in [2.45, 2.75) is 78.2 Å². The fourth-order valence-electron chi connectivity index (χ4n) is 3.31. The number of piperidine rings is 1. The molecule has 2 rings (SSSR count). The van der Waals surface area contributed by atoms with E-state index in [2.05, 4.69) is 10.3 Å². The number of hydrogen-bond acceptors (Lipinski definition) is 5. The number of halogens is 3. The molecule has 1 N–H and O–H groups in total. The van der Waals surface area contributed by atoms with E-state index in [0.717, 1.165) is 6.07 Å². The van der Waals surface area contributed by atoms with Crippen LogP contribution in [-0.4, -0.2) is 52.7 Å². The number of nitrogens with one attached hydrogen (secondary N) is 1. The molecule has 10 heteroatoms. The van der Waals surface area contributed by atoms with Crippen LogP contribution in [0.1, 0.15) is 59.9 Å². The Morgan fingerprint density at radius 2 is 1.88 bits per heavy atom. The molecule has 1 aliphatic heterocycles. The Labute approximate surface area is 186 Å². The third-order valence-electron chi connectivity index (χ3n) is 5.10. The predicted octanol–water partition coefficient (Wildman–Crippen LogP) is 4.41. The zero-order valence-corrected chi connectivity index (χ0v) is 19.4. The van der Waals surface area contributed by atoms with E-state index in [4.69, 9.17) is 9.47 Å². The number of carbonyl (C=O) groups excluding carboxylic acids is 2. The van der Waals surface area contributed by atoms with Gasteiger partial charge in [-0.25, -0.2) is 9.78 Å². The molecule has 2 amide bonds. The first-order chi connectivity index (χ1) is 14.6. The summed E-state index contributed by atoms with van der Waals surface area (Å²) in [6, 6.07) is 1.76. The van der Waals surface area contributed by atoms with Gasteiger partial charge in [-0.15, -0.1) is 0 Å². The van der Waals surface area contributed by atoms with Crippen LogP contribution in [0.15, 0.2) is 18.3 Å². The molecular weight excluding hydrogens is 427 g/mol. The van der Waals surface area contributed by atoms with Gasteiger partial charge >= 0.3 is 12.3 Å². The topological polar surface area (TPSA) is 80.8 Å². The van der Waals surface area contributed by atoms with Gasteiger partial charge in [0.25, 0.3) is 0 Å². The Hall–Kier alpha value is -2.52. The minimum absolute atomic E-state index is 0.133. The van der Waals surface area contributed by atoms with Crippen molar-refractivity contribution >= 4 is 12.0 Å². The number of pyridine rings is 1. The predicted molar refractivity (Wildman–Crippen MR) is 112 cm³/mol. The summed E-state index contributed by atoms with van der Waals surface area (Å²) >= 11 is 0. The Balaban J connectivity index is 1.93. The molecule has 0 aromatic carbocycles. The van der Waals surface area contributed by atoms with Crippen molar-refractivity contribution in [1.29, 1.82) is 0 Å². The molecular formula is C22H32F3N3O4. The first-order valence-corrected chi connectivity index (χ1v) is 10.6. The van der Waals surface area contributed by atoms with Gasteiger partial charge in [-0.1, -0.05) is 0 Å². The van der Waals surface area contributed by atoms with E-state index >= 15 is 0 Å². The lowest BCUT2D eigenvalue weighted by molar-refractivity contribution is -0.139. The zero-order chi connectivity index (χ0) is 24.3. The van der Waals surface area contributed by atoms with Crippen LogP contribution in [0.25, 0.3) is 0 Å². The Bertz CT molecular complexity index is 821. The maximum atomic E-state index is 13.1. The van der Waals surface area contributed by atoms with Crippen LogP contribution in [-0.2, 0) is 15.7 Å². The van der Waals surface area contributed by atoms with Crippen LogP contribution in [0, 0.1) is 5.41 Å². The van der Waals surface area contributed by atoms with E-state index in [-0.39, 0.29) is 30.7 Å². The summed E-state index contributed by atoms with van der Waals surface area (Å²) in [5.41, 5.74) is -2.67. The SMILES string of the molecule is C[C@@H]1C[C@H](NC(=O)C(C)(C)COc2ncccc2C(F)(F)F)CCN1C(=O)OC(C)(C)C. The van der Waals surface area contributed by atoms with Crippen molar-refractivity contribution in [1.82, 2.24) is 15.2 Å². The highest BCUT2D eigenvalue weighted by Crippen LogP contribution is 2.35. The van der Waals surface area contributed by atoms with Gasteiger partial charge < -0.3 is 19.7 Å². The number of rotatable bonds is 5. The number of likely N-dealkylation sites (tertiary alicyclic amines) is 1. The average Bonchev–Trinajstić information content (AvgIpc) is 2.64. The van der Waals surface area contributed by atoms with E-state index in [1.54, 1.807) is 39.5 Å². The first-order valence-electron chi connectivity index (χ1n) is 10.6. The number of amides is 2. The molecule has 1 aromatic heterocycles. The van der Waals surface area contributed by atoms with Crippen molar-refractivity contribution < 1.29 is 32.2 Å². The lowest BCUT2D eigenvalue weighted by Crippen LogP contribution is -2.54. The van der Waals surface area contributed by atoms with Crippen LogP contribution in [0.2, 0.25) is 0 Å². The third kappa shape index (κ3) is 7.00. The van der Waals surface area contributed by atoms with Gasteiger partial charge in [0.1, 0.15) is 17.8 Å². The molecule has 0 aliphatic carbocycles. The van der Waals surface area contributed by atoms with Crippen molar-refractivity contribution in [3.05, 3.63) is 23.9 Å². The second-order valence-corrected chi connectivity index (χ2v) is 9.74. The van der Waals surface area contributed by atoms with Crippen molar-refractivity contribution in [3.8, 4) is 5.88 Å². The molecule has 1 aliphatic rings. The van der Waals surface area contributed by atoms with Gasteiger partial charge in [-0.05, 0) is 66.5 Å². The van der Waals surface area contributed by atoms with Crippen LogP contribution in [0.5, 0.6) is 5.88 Å². The Morgan fingerprint density at radius 1 is 1.22 bits per heavy atom. The molecule has 1 aromatic rings. The molecule has 0 saturated carbocycles. The van der Waals surface area contributed by atoms with Crippen molar-refractivity contribution in [2.24, 2.45) is 5.41 Å². The van der Waals surface area contributed by atoms with Gasteiger partial charge in [-0.3, -0.25) is 4.79 Å². The Kier molecular flexibility index (Phi) is 7.67. The molecule has 0 bridgehead atoms. The molecule has 0 unspecified atom stereocenters. The average molecular weight is 460 g/mol. The highest BCUT2D eigenvalue weighted by atomic mass is 19.4. The molecule has 0 radical (unpaired) electrons. The lowest BCUT2D eigenvalue weighted by Gasteiger charge is -2.39. The number of ether oxygens (including phenoxy) is 2. The maximum absolute atomic E-state index is 13.1. The molecule has 7 nitrogen and oxygen atoms in total. The summed E-state index contributed by atoms with van der Waals surface area (Å²) in [7, 11) is 0. The summed E-state index contributed by atoms with van der Waals surface area (Å²) in [5.74, 6) is -0.898. The molecule has 2 heterocycles. The van der Waals surface area contributed by atoms with Crippen LogP contribution >= 0.6 is 0 Å². The maximum Gasteiger partial charge on any atom is 0.421 e. The number of carbonyl (C=O) groups is 2. The summed E-state index contributed by atoms with van der Waals surface area (Å²) in [6.45, 7) is 10.6. The number of alkyl halides is 3. The van der Waals surface area contributed by atoms with Crippen LogP contribution < -0.4 is 10.1 Å². The van der Waals surface area contributed by atoms with E-state index in [9.17, 15) is 22.8 Å². The normalized spacial score (nSPS) is 20.0. The fraction of sp³-hybridized carbons (Fsp3) is 0.682. The van der Waals surface area contributed by atoms with E-state index in [0.29, 0.717) is 19.4 Å². The summed E-state index contributed by atoms with van der Waals surface area (Å²) in [4.78, 5) is 30.5. The molecule has 180 valence electrons. The largest absolute Gasteiger partial charge is 0.476 e. The monoisotopic (exact) mass is 459 g/mol. The summed E-state index contributed by atoms with van der Waals surface area (Å²) in [5, 5.41) is 2.94. The second kappa shape index (κ2) is 9.54. The number of nitrogens with zero attached hydrogens (tertiary/aromatic N) is 2. The lowest BCUT2D eigenvalue weighted by atomic mass is 9.91. The molecule has 2 atom stereocenters. The molecule has 0 spiro atoms. The molecule has 1 fully saturated rings. The van der Waals surface area contributed by atoms with E-state index in [1.807, 2.05) is 6.92 Å². The molecule has 1 saturated heterocycles. The van der Waals surface area contributed by atoms with E-state index < -0.39 is 28.6 Å². The first kappa shape index (κ1) is 25.7. The van der Waals surface area contributed by atoms with Gasteiger partial charge in [0.2, 0.25) is 11.8 Å². The highest BCUT2D eigenvalue weighted by molar-refractivity contribution is 5.82. The van der Waals surface area contributed by atoms with Crippen LogP contribution in [0.3, 0.4) is 0 Å². The summed E-state index contributed by atoms with van der Waals surface area (Å²) in [6.07, 6.45) is -2.70. The quantitative estimate of drug-likeness (QED) is 0.706. The minimum atomic E-state index is -4.60. The van der Waals surface area contributed by atoms with Crippen molar-refractivity contribution in [3.63, 3.8) is 0 Å². The van der Waals surface area contributed by atoms with Gasteiger partial charge in [0, 0.05) is 24.8 Å². The summed E-state index contributed by atoms with van der Waals surface area (Å²) < 4.78 is 50.1. The zero-order valence-electron chi connectivity index (χ0n) is 19.4. The molecule has 32 heavy (non-hydrogen) atoms. The highest BCUT2D eigenvalue weighted by Gasteiger charge is 2.38. The number of aromatic nitrogens is 1. The van der Waals surface area contributed by atoms with Crippen LogP contribution in [0.4, 0.5) is 18.0 Å². The van der Waals surface area contributed by atoms with Crippen molar-refractivity contribution in [2.75, 3.05) is 13.2 Å². The third-order valence-corrected chi connectivity index (χ3v) is 5.10. The number of hydrogen-bond donors (Lipinski definition) is 1. The van der Waals surface area contributed by atoms with Gasteiger partial charge in [0.15, 0.2) is 0 Å².